The Morgan fingerprint density at radius 1 is 1.08 bits per heavy atom. The van der Waals surface area contributed by atoms with Gasteiger partial charge in [0.25, 0.3) is 0 Å². The van der Waals surface area contributed by atoms with E-state index in [1.165, 1.54) is 0 Å². The van der Waals surface area contributed by atoms with Gasteiger partial charge in [0.05, 0.1) is 24.3 Å². The summed E-state index contributed by atoms with van der Waals surface area (Å²) in [4.78, 5) is 43.4. The van der Waals surface area contributed by atoms with Crippen molar-refractivity contribution in [2.45, 2.75) is 57.3 Å². The van der Waals surface area contributed by atoms with Gasteiger partial charge >= 0.3 is 0 Å². The summed E-state index contributed by atoms with van der Waals surface area (Å²) in [5.74, 6) is -0.591. The zero-order valence-electron chi connectivity index (χ0n) is 22.0. The minimum atomic E-state index is -1.14. The number of carbonyl (C=O) groups is 3. The first-order valence-electron chi connectivity index (χ1n) is 12.9. The van der Waals surface area contributed by atoms with Crippen molar-refractivity contribution in [3.8, 4) is 0 Å². The molecule has 2 fully saturated rings. The first-order chi connectivity index (χ1) is 17.6. The molecule has 37 heavy (non-hydrogen) atoms. The second-order valence-electron chi connectivity index (χ2n) is 11.0. The second kappa shape index (κ2) is 11.0. The number of ether oxygens (including phenoxy) is 1. The molecule has 3 atom stereocenters. The standard InChI is InChI=1S/C29H38N4O4/c1-21-16-29(17-22-10-6-4-7-11-22)20-32(14-15-33(29)25(21)34)26(35)24(31-27(36)28(2,3)30)19-37-18-23-12-8-5-9-13-23/h4-13,21,24H,14-20,30H2,1-3H3,(H,31,36)/t21-,24+,29-/m0/s1. The van der Waals surface area contributed by atoms with Gasteiger partial charge in [0.1, 0.15) is 6.04 Å². The van der Waals surface area contributed by atoms with Crippen molar-refractivity contribution < 1.29 is 19.1 Å². The van der Waals surface area contributed by atoms with Crippen LogP contribution in [0.15, 0.2) is 60.7 Å². The zero-order valence-corrected chi connectivity index (χ0v) is 22.0. The lowest BCUT2D eigenvalue weighted by molar-refractivity contribution is -0.147. The van der Waals surface area contributed by atoms with Gasteiger partial charge < -0.3 is 25.6 Å². The number of nitrogens with one attached hydrogen (secondary N) is 1. The molecule has 0 radical (unpaired) electrons. The molecule has 0 spiro atoms. The molecule has 2 heterocycles. The average Bonchev–Trinajstić information content (AvgIpc) is 3.12. The molecule has 2 aromatic rings. The Morgan fingerprint density at radius 2 is 1.70 bits per heavy atom. The third kappa shape index (κ3) is 6.19. The van der Waals surface area contributed by atoms with Gasteiger partial charge in [0, 0.05) is 25.6 Å². The molecule has 0 aliphatic carbocycles. The molecule has 3 amide bonds. The lowest BCUT2D eigenvalue weighted by Gasteiger charge is -2.48. The minimum Gasteiger partial charge on any atom is -0.374 e. The molecule has 8 nitrogen and oxygen atoms in total. The lowest BCUT2D eigenvalue weighted by Crippen LogP contribution is -2.65. The van der Waals surface area contributed by atoms with E-state index in [1.807, 2.05) is 60.4 Å². The lowest BCUT2D eigenvalue weighted by atomic mass is 9.84. The van der Waals surface area contributed by atoms with Crippen molar-refractivity contribution in [1.29, 1.82) is 0 Å². The van der Waals surface area contributed by atoms with E-state index in [2.05, 4.69) is 17.4 Å². The Balaban J connectivity index is 1.53. The molecular weight excluding hydrogens is 468 g/mol. The van der Waals surface area contributed by atoms with Crippen LogP contribution in [0.25, 0.3) is 0 Å². The van der Waals surface area contributed by atoms with Crippen LogP contribution >= 0.6 is 0 Å². The molecule has 4 rings (SSSR count). The number of fused-ring (bicyclic) bond motifs is 1. The maximum atomic E-state index is 13.8. The van der Waals surface area contributed by atoms with Crippen molar-refractivity contribution in [3.05, 3.63) is 71.8 Å². The van der Waals surface area contributed by atoms with E-state index >= 15 is 0 Å². The van der Waals surface area contributed by atoms with E-state index in [9.17, 15) is 14.4 Å². The highest BCUT2D eigenvalue weighted by molar-refractivity contribution is 5.92. The maximum absolute atomic E-state index is 13.8. The predicted octanol–water partition coefficient (Wildman–Crippen LogP) is 2.12. The quantitative estimate of drug-likeness (QED) is 0.542. The van der Waals surface area contributed by atoms with Gasteiger partial charge in [-0.15, -0.1) is 0 Å². The van der Waals surface area contributed by atoms with Crippen molar-refractivity contribution in [3.63, 3.8) is 0 Å². The Labute approximate surface area is 219 Å². The summed E-state index contributed by atoms with van der Waals surface area (Å²) in [5.41, 5.74) is 6.51. The average molecular weight is 507 g/mol. The summed E-state index contributed by atoms with van der Waals surface area (Å²) < 4.78 is 5.88. The normalized spacial score (nSPS) is 22.5. The molecule has 2 aromatic carbocycles. The number of benzene rings is 2. The molecule has 2 aliphatic rings. The molecule has 2 aliphatic heterocycles. The van der Waals surface area contributed by atoms with E-state index in [0.717, 1.165) is 11.1 Å². The van der Waals surface area contributed by atoms with Gasteiger partial charge in [-0.05, 0) is 37.8 Å². The molecule has 2 saturated heterocycles. The molecule has 198 valence electrons. The summed E-state index contributed by atoms with van der Waals surface area (Å²) >= 11 is 0. The van der Waals surface area contributed by atoms with Crippen LogP contribution < -0.4 is 11.1 Å². The van der Waals surface area contributed by atoms with Crippen molar-refractivity contribution >= 4 is 17.7 Å². The number of amides is 3. The van der Waals surface area contributed by atoms with Gasteiger partial charge in [-0.25, -0.2) is 0 Å². The number of carbonyl (C=O) groups excluding carboxylic acids is 3. The third-order valence-electron chi connectivity index (χ3n) is 7.30. The topological polar surface area (TPSA) is 105 Å². The van der Waals surface area contributed by atoms with E-state index in [-0.39, 0.29) is 24.3 Å². The number of rotatable bonds is 9. The van der Waals surface area contributed by atoms with Gasteiger partial charge in [-0.2, -0.15) is 0 Å². The highest BCUT2D eigenvalue weighted by atomic mass is 16.5. The largest absolute Gasteiger partial charge is 0.374 e. The number of nitrogens with zero attached hydrogens (tertiary/aromatic N) is 2. The van der Waals surface area contributed by atoms with Crippen LogP contribution in [0.4, 0.5) is 0 Å². The summed E-state index contributed by atoms with van der Waals surface area (Å²) in [7, 11) is 0. The molecule has 3 N–H and O–H groups in total. The Kier molecular flexibility index (Phi) is 7.99. The Bertz CT molecular complexity index is 1100. The van der Waals surface area contributed by atoms with Crippen LogP contribution in [0.5, 0.6) is 0 Å². The molecule has 0 unspecified atom stereocenters. The third-order valence-corrected chi connectivity index (χ3v) is 7.30. The van der Waals surface area contributed by atoms with Gasteiger partial charge in [-0.3, -0.25) is 14.4 Å². The van der Waals surface area contributed by atoms with Gasteiger partial charge in [0.2, 0.25) is 17.7 Å². The fourth-order valence-electron chi connectivity index (χ4n) is 5.42. The smallest absolute Gasteiger partial charge is 0.247 e. The Morgan fingerprint density at radius 3 is 2.32 bits per heavy atom. The van der Waals surface area contributed by atoms with Crippen LogP contribution in [-0.4, -0.2) is 70.9 Å². The molecule has 8 heteroatoms. The zero-order chi connectivity index (χ0) is 26.6. The summed E-state index contributed by atoms with van der Waals surface area (Å²) in [6.07, 6.45) is 1.35. The first-order valence-corrected chi connectivity index (χ1v) is 12.9. The number of hydrogen-bond donors (Lipinski definition) is 2. The van der Waals surface area contributed by atoms with Crippen LogP contribution in [0, 0.1) is 5.92 Å². The van der Waals surface area contributed by atoms with Gasteiger partial charge in [0.15, 0.2) is 0 Å². The van der Waals surface area contributed by atoms with E-state index in [1.54, 1.807) is 18.7 Å². The van der Waals surface area contributed by atoms with E-state index in [0.29, 0.717) is 39.1 Å². The number of hydrogen-bond acceptors (Lipinski definition) is 5. The number of nitrogens with two attached hydrogens (primary N) is 1. The Hall–Kier alpha value is -3.23. The SMILES string of the molecule is C[C@H]1C[C@]2(Cc3ccccc3)CN(C(=O)[C@@H](COCc3ccccc3)NC(=O)C(C)(C)N)CCN2C1=O. The highest BCUT2D eigenvalue weighted by Crippen LogP contribution is 2.39. The van der Waals surface area contributed by atoms with Crippen molar-refractivity contribution in [1.82, 2.24) is 15.1 Å². The fourth-order valence-corrected chi connectivity index (χ4v) is 5.42. The first kappa shape index (κ1) is 26.8. The van der Waals surface area contributed by atoms with Crippen LogP contribution in [0.1, 0.15) is 38.3 Å². The van der Waals surface area contributed by atoms with Gasteiger partial charge in [-0.1, -0.05) is 67.6 Å². The second-order valence-corrected chi connectivity index (χ2v) is 11.0. The van der Waals surface area contributed by atoms with E-state index in [4.69, 9.17) is 10.5 Å². The predicted molar refractivity (Wildman–Crippen MR) is 141 cm³/mol. The van der Waals surface area contributed by atoms with Crippen molar-refractivity contribution in [2.75, 3.05) is 26.2 Å². The molecule has 0 bridgehead atoms. The minimum absolute atomic E-state index is 0.0246. The summed E-state index contributed by atoms with van der Waals surface area (Å²) in [6.45, 7) is 6.81. The van der Waals surface area contributed by atoms with Crippen LogP contribution in [0.3, 0.4) is 0 Å². The monoisotopic (exact) mass is 506 g/mol. The van der Waals surface area contributed by atoms with Crippen molar-refractivity contribution in [2.24, 2.45) is 11.7 Å². The summed E-state index contributed by atoms with van der Waals surface area (Å²) in [6, 6.07) is 18.9. The summed E-state index contributed by atoms with van der Waals surface area (Å²) in [5, 5.41) is 2.82. The molecule has 0 aromatic heterocycles. The van der Waals surface area contributed by atoms with E-state index < -0.39 is 23.0 Å². The number of piperazine rings is 1. The fraction of sp³-hybridized carbons (Fsp3) is 0.483. The van der Waals surface area contributed by atoms with Crippen LogP contribution in [0.2, 0.25) is 0 Å². The highest BCUT2D eigenvalue weighted by Gasteiger charge is 2.53. The molecule has 0 saturated carbocycles. The van der Waals surface area contributed by atoms with Crippen LogP contribution in [-0.2, 0) is 32.1 Å². The maximum Gasteiger partial charge on any atom is 0.247 e. The molecular formula is C29H38N4O4.